The van der Waals surface area contributed by atoms with E-state index in [1.165, 1.54) is 0 Å². The van der Waals surface area contributed by atoms with E-state index in [1.807, 2.05) is 66.2 Å². The van der Waals surface area contributed by atoms with Gasteiger partial charge in [0.05, 0.1) is 13.2 Å². The van der Waals surface area contributed by atoms with Crippen molar-refractivity contribution in [3.8, 4) is 5.75 Å². The second-order valence-corrected chi connectivity index (χ2v) is 9.14. The van der Waals surface area contributed by atoms with Crippen molar-refractivity contribution in [3.05, 3.63) is 106 Å². The molecule has 1 heterocycles. The first-order chi connectivity index (χ1) is 16.5. The fourth-order valence-corrected chi connectivity index (χ4v) is 4.62. The van der Waals surface area contributed by atoms with Gasteiger partial charge in [0.25, 0.3) is 5.91 Å². The summed E-state index contributed by atoms with van der Waals surface area (Å²) in [5, 5.41) is 13.3. The zero-order valence-corrected chi connectivity index (χ0v) is 20.5. The minimum Gasteiger partial charge on any atom is -0.497 e. The predicted molar refractivity (Wildman–Crippen MR) is 135 cm³/mol. The number of aromatic nitrogens is 3. The van der Waals surface area contributed by atoms with E-state index in [9.17, 15) is 4.79 Å². The van der Waals surface area contributed by atoms with E-state index in [0.29, 0.717) is 22.8 Å². The SMILES string of the molecule is COc1ccc(CSc2nnc([C@H](Cc3ccccc3)NC(=O)c3cccc(Cl)c3)n2C)cc1. The molecule has 8 heteroatoms. The summed E-state index contributed by atoms with van der Waals surface area (Å²) in [6.07, 6.45) is 0.586. The molecule has 4 aromatic rings. The smallest absolute Gasteiger partial charge is 0.251 e. The van der Waals surface area contributed by atoms with E-state index in [0.717, 1.165) is 27.8 Å². The molecule has 0 unspecified atom stereocenters. The molecule has 0 radical (unpaired) electrons. The van der Waals surface area contributed by atoms with Crippen LogP contribution in [0.1, 0.15) is 33.4 Å². The van der Waals surface area contributed by atoms with Crippen LogP contribution in [0.2, 0.25) is 5.02 Å². The van der Waals surface area contributed by atoms with Crippen molar-refractivity contribution >= 4 is 29.3 Å². The number of amides is 1. The maximum Gasteiger partial charge on any atom is 0.251 e. The Labute approximate surface area is 208 Å². The van der Waals surface area contributed by atoms with Crippen LogP contribution in [-0.2, 0) is 19.2 Å². The Bertz CT molecular complexity index is 1250. The standard InChI is InChI=1S/C26H25ClN4O2S/c1-31-24(29-30-26(31)34-17-19-11-13-22(33-2)14-12-19)23(15-18-7-4-3-5-8-18)28-25(32)20-9-6-10-21(27)16-20/h3-14,16,23H,15,17H2,1-2H3,(H,28,32)/t23-/m0/s1. The third-order valence-electron chi connectivity index (χ3n) is 5.38. The third-order valence-corrected chi connectivity index (χ3v) is 6.71. The monoisotopic (exact) mass is 492 g/mol. The maximum atomic E-state index is 13.0. The first-order valence-electron chi connectivity index (χ1n) is 10.8. The molecule has 0 fully saturated rings. The molecule has 0 aliphatic heterocycles. The largest absolute Gasteiger partial charge is 0.497 e. The van der Waals surface area contributed by atoms with E-state index in [-0.39, 0.29) is 11.9 Å². The number of nitrogens with one attached hydrogen (secondary N) is 1. The first-order valence-corrected chi connectivity index (χ1v) is 12.1. The number of rotatable bonds is 9. The van der Waals surface area contributed by atoms with Gasteiger partial charge in [-0.3, -0.25) is 4.79 Å². The van der Waals surface area contributed by atoms with E-state index in [1.54, 1.807) is 43.1 Å². The fourth-order valence-electron chi connectivity index (χ4n) is 3.55. The van der Waals surface area contributed by atoms with Crippen molar-refractivity contribution in [3.63, 3.8) is 0 Å². The molecule has 1 N–H and O–H groups in total. The number of halogens is 1. The molecule has 3 aromatic carbocycles. The summed E-state index contributed by atoms with van der Waals surface area (Å²) < 4.78 is 7.17. The van der Waals surface area contributed by atoms with Crippen LogP contribution in [0.5, 0.6) is 5.75 Å². The van der Waals surface area contributed by atoms with Gasteiger partial charge in [-0.25, -0.2) is 0 Å². The average Bonchev–Trinajstić information content (AvgIpc) is 3.23. The molecule has 0 aliphatic rings. The molecule has 0 aliphatic carbocycles. The Hall–Kier alpha value is -3.29. The summed E-state index contributed by atoms with van der Waals surface area (Å²) in [5.41, 5.74) is 2.75. The van der Waals surface area contributed by atoms with Crippen LogP contribution in [0.25, 0.3) is 0 Å². The topological polar surface area (TPSA) is 69.0 Å². The number of carbonyl (C=O) groups excluding carboxylic acids is 1. The minimum absolute atomic E-state index is 0.209. The van der Waals surface area contributed by atoms with Gasteiger partial charge in [-0.2, -0.15) is 0 Å². The summed E-state index contributed by atoms with van der Waals surface area (Å²) in [5.74, 6) is 2.05. The van der Waals surface area contributed by atoms with Crippen LogP contribution < -0.4 is 10.1 Å². The molecule has 6 nitrogen and oxygen atoms in total. The van der Waals surface area contributed by atoms with E-state index in [4.69, 9.17) is 16.3 Å². The summed E-state index contributed by atoms with van der Waals surface area (Å²) in [7, 11) is 3.58. The summed E-state index contributed by atoms with van der Waals surface area (Å²) in [6, 6.07) is 24.5. The lowest BCUT2D eigenvalue weighted by Gasteiger charge is -2.19. The molecule has 0 saturated heterocycles. The summed E-state index contributed by atoms with van der Waals surface area (Å²) in [6.45, 7) is 0. The van der Waals surface area contributed by atoms with Gasteiger partial charge in [-0.1, -0.05) is 71.9 Å². The molecule has 4 rings (SSSR count). The molecule has 0 saturated carbocycles. The molecule has 1 amide bonds. The number of thioether (sulfide) groups is 1. The van der Waals surface area contributed by atoms with E-state index in [2.05, 4.69) is 15.5 Å². The van der Waals surface area contributed by atoms with Crippen LogP contribution >= 0.6 is 23.4 Å². The lowest BCUT2D eigenvalue weighted by molar-refractivity contribution is 0.0934. The molecular weight excluding hydrogens is 468 g/mol. The second kappa shape index (κ2) is 11.2. The molecule has 1 aromatic heterocycles. The number of hydrogen-bond donors (Lipinski definition) is 1. The third kappa shape index (κ3) is 5.98. The minimum atomic E-state index is -0.360. The summed E-state index contributed by atoms with van der Waals surface area (Å²) in [4.78, 5) is 13.0. The van der Waals surface area contributed by atoms with Gasteiger partial charge in [0.1, 0.15) is 5.75 Å². The van der Waals surface area contributed by atoms with Crippen LogP contribution in [0.3, 0.4) is 0 Å². The predicted octanol–water partition coefficient (Wildman–Crippen LogP) is 5.48. The van der Waals surface area contributed by atoms with Gasteiger partial charge >= 0.3 is 0 Å². The zero-order chi connectivity index (χ0) is 23.9. The van der Waals surface area contributed by atoms with Crippen LogP contribution in [0.15, 0.2) is 84.0 Å². The van der Waals surface area contributed by atoms with Gasteiger partial charge in [0.2, 0.25) is 0 Å². The zero-order valence-electron chi connectivity index (χ0n) is 18.9. The van der Waals surface area contributed by atoms with Gasteiger partial charge in [0.15, 0.2) is 11.0 Å². The van der Waals surface area contributed by atoms with Gasteiger partial charge in [0, 0.05) is 23.4 Å². The lowest BCUT2D eigenvalue weighted by Crippen LogP contribution is -2.31. The van der Waals surface area contributed by atoms with Crippen LogP contribution in [0, 0.1) is 0 Å². The highest BCUT2D eigenvalue weighted by Gasteiger charge is 2.23. The lowest BCUT2D eigenvalue weighted by atomic mass is 10.0. The second-order valence-electron chi connectivity index (χ2n) is 7.76. The quantitative estimate of drug-likeness (QED) is 0.313. The molecule has 1 atom stereocenters. The van der Waals surface area contributed by atoms with Crippen molar-refractivity contribution in [1.29, 1.82) is 0 Å². The summed E-state index contributed by atoms with van der Waals surface area (Å²) >= 11 is 7.68. The highest BCUT2D eigenvalue weighted by molar-refractivity contribution is 7.98. The van der Waals surface area contributed by atoms with Crippen molar-refractivity contribution in [1.82, 2.24) is 20.1 Å². The Morgan fingerprint density at radius 3 is 2.50 bits per heavy atom. The average molecular weight is 493 g/mol. The Balaban J connectivity index is 1.54. The van der Waals surface area contributed by atoms with Crippen molar-refractivity contribution in [2.45, 2.75) is 23.4 Å². The molecule has 34 heavy (non-hydrogen) atoms. The number of ether oxygens (including phenoxy) is 1. The van der Waals surface area contributed by atoms with Crippen molar-refractivity contribution < 1.29 is 9.53 Å². The molecule has 0 spiro atoms. The number of benzene rings is 3. The van der Waals surface area contributed by atoms with Gasteiger partial charge in [-0.05, 0) is 47.9 Å². The fraction of sp³-hybridized carbons (Fsp3) is 0.192. The molecule has 0 bridgehead atoms. The van der Waals surface area contributed by atoms with Crippen LogP contribution in [-0.4, -0.2) is 27.8 Å². The van der Waals surface area contributed by atoms with Gasteiger partial charge < -0.3 is 14.6 Å². The van der Waals surface area contributed by atoms with E-state index >= 15 is 0 Å². The van der Waals surface area contributed by atoms with Crippen molar-refractivity contribution in [2.75, 3.05) is 7.11 Å². The van der Waals surface area contributed by atoms with E-state index < -0.39 is 0 Å². The Morgan fingerprint density at radius 2 is 1.79 bits per heavy atom. The van der Waals surface area contributed by atoms with Gasteiger partial charge in [-0.15, -0.1) is 10.2 Å². The highest BCUT2D eigenvalue weighted by Crippen LogP contribution is 2.26. The number of nitrogens with zero attached hydrogens (tertiary/aromatic N) is 3. The number of carbonyl (C=O) groups is 1. The normalized spacial score (nSPS) is 11.7. The number of hydrogen-bond acceptors (Lipinski definition) is 5. The molecular formula is C26H25ClN4O2S. The molecule has 174 valence electrons. The Morgan fingerprint density at radius 1 is 1.03 bits per heavy atom. The maximum absolute atomic E-state index is 13.0. The highest BCUT2D eigenvalue weighted by atomic mass is 35.5. The van der Waals surface area contributed by atoms with Crippen molar-refractivity contribution in [2.24, 2.45) is 7.05 Å². The first kappa shape index (κ1) is 23.9. The number of methoxy groups -OCH3 is 1. The Kier molecular flexibility index (Phi) is 7.87. The van der Waals surface area contributed by atoms with Crippen LogP contribution in [0.4, 0.5) is 0 Å².